The Labute approximate surface area is 130 Å². The molecule has 0 bridgehead atoms. The summed E-state index contributed by atoms with van der Waals surface area (Å²) < 4.78 is 7.54. The number of hydrogen-bond acceptors (Lipinski definition) is 3. The standard InChI is InChI=1S/C18H19N3O/c1-15-8-10-16(11-9-15)18-14-21(20-19-18)12-5-13-22-17-6-3-2-4-7-17/h2-4,6-11,14H,5,12-13H2,1H3. The van der Waals surface area contributed by atoms with Crippen molar-refractivity contribution in [3.63, 3.8) is 0 Å². The van der Waals surface area contributed by atoms with Crippen LogP contribution in [0.25, 0.3) is 11.3 Å². The quantitative estimate of drug-likeness (QED) is 0.650. The Bertz CT molecular complexity index is 705. The van der Waals surface area contributed by atoms with Gasteiger partial charge in [-0.25, -0.2) is 0 Å². The SMILES string of the molecule is Cc1ccc(-c2cn(CCCOc3ccccc3)nn2)cc1. The Morgan fingerprint density at radius 3 is 2.55 bits per heavy atom. The van der Waals surface area contributed by atoms with Gasteiger partial charge in [0, 0.05) is 18.5 Å². The van der Waals surface area contributed by atoms with Crippen LogP contribution in [0.15, 0.2) is 60.8 Å². The van der Waals surface area contributed by atoms with Gasteiger partial charge in [0.15, 0.2) is 0 Å². The van der Waals surface area contributed by atoms with Gasteiger partial charge < -0.3 is 4.74 Å². The predicted octanol–water partition coefficient (Wildman–Crippen LogP) is 3.72. The van der Waals surface area contributed by atoms with E-state index in [1.807, 2.05) is 41.2 Å². The van der Waals surface area contributed by atoms with Gasteiger partial charge in [-0.2, -0.15) is 0 Å². The number of aryl methyl sites for hydroxylation is 2. The van der Waals surface area contributed by atoms with E-state index in [0.717, 1.165) is 30.0 Å². The van der Waals surface area contributed by atoms with Gasteiger partial charge in [-0.15, -0.1) is 5.10 Å². The predicted molar refractivity (Wildman–Crippen MR) is 86.7 cm³/mol. The molecule has 1 aromatic heterocycles. The van der Waals surface area contributed by atoms with Crippen molar-refractivity contribution >= 4 is 0 Å². The normalized spacial score (nSPS) is 10.6. The van der Waals surface area contributed by atoms with Gasteiger partial charge in [-0.3, -0.25) is 4.68 Å². The largest absolute Gasteiger partial charge is 0.494 e. The minimum absolute atomic E-state index is 0.670. The summed E-state index contributed by atoms with van der Waals surface area (Å²) in [4.78, 5) is 0. The first kappa shape index (κ1) is 14.3. The van der Waals surface area contributed by atoms with Crippen molar-refractivity contribution in [3.8, 4) is 17.0 Å². The summed E-state index contributed by atoms with van der Waals surface area (Å²) in [6, 6.07) is 18.2. The fraction of sp³-hybridized carbons (Fsp3) is 0.222. The van der Waals surface area contributed by atoms with Crippen molar-refractivity contribution in [1.82, 2.24) is 15.0 Å². The molecule has 0 spiro atoms. The van der Waals surface area contributed by atoms with Crippen LogP contribution in [-0.4, -0.2) is 21.6 Å². The van der Waals surface area contributed by atoms with Crippen molar-refractivity contribution in [2.75, 3.05) is 6.61 Å². The smallest absolute Gasteiger partial charge is 0.119 e. The molecule has 0 N–H and O–H groups in total. The summed E-state index contributed by atoms with van der Waals surface area (Å²) in [5.41, 5.74) is 3.25. The molecular formula is C18H19N3O. The zero-order valence-corrected chi connectivity index (χ0v) is 12.6. The molecule has 3 aromatic rings. The lowest BCUT2D eigenvalue weighted by Crippen LogP contribution is -2.05. The van der Waals surface area contributed by atoms with Crippen molar-refractivity contribution in [2.24, 2.45) is 0 Å². The summed E-state index contributed by atoms with van der Waals surface area (Å²) in [6.07, 6.45) is 2.87. The Balaban J connectivity index is 1.50. The molecule has 4 nitrogen and oxygen atoms in total. The monoisotopic (exact) mass is 293 g/mol. The first-order valence-electron chi connectivity index (χ1n) is 7.46. The molecule has 0 saturated carbocycles. The van der Waals surface area contributed by atoms with E-state index in [4.69, 9.17) is 4.74 Å². The maximum atomic E-state index is 5.67. The highest BCUT2D eigenvalue weighted by molar-refractivity contribution is 5.57. The third kappa shape index (κ3) is 3.73. The molecule has 0 unspecified atom stereocenters. The molecule has 0 amide bonds. The Morgan fingerprint density at radius 2 is 1.77 bits per heavy atom. The van der Waals surface area contributed by atoms with Gasteiger partial charge in [0.05, 0.1) is 12.8 Å². The van der Waals surface area contributed by atoms with Crippen LogP contribution in [0.5, 0.6) is 5.75 Å². The van der Waals surface area contributed by atoms with Crippen LogP contribution >= 0.6 is 0 Å². The lowest BCUT2D eigenvalue weighted by atomic mass is 10.1. The molecule has 0 saturated heterocycles. The number of ether oxygens (including phenoxy) is 1. The lowest BCUT2D eigenvalue weighted by molar-refractivity contribution is 0.298. The van der Waals surface area contributed by atoms with Crippen LogP contribution in [0.2, 0.25) is 0 Å². The number of rotatable bonds is 6. The van der Waals surface area contributed by atoms with Crippen LogP contribution in [0.4, 0.5) is 0 Å². The van der Waals surface area contributed by atoms with E-state index in [2.05, 4.69) is 41.5 Å². The molecule has 4 heteroatoms. The zero-order chi connectivity index (χ0) is 15.2. The summed E-state index contributed by atoms with van der Waals surface area (Å²) in [5, 5.41) is 8.40. The molecule has 2 aromatic carbocycles. The number of benzene rings is 2. The fourth-order valence-corrected chi connectivity index (χ4v) is 2.20. The van der Waals surface area contributed by atoms with E-state index in [1.165, 1.54) is 5.56 Å². The Kier molecular flexibility index (Phi) is 4.49. The second-order valence-electron chi connectivity index (χ2n) is 5.25. The molecule has 1 heterocycles. The van der Waals surface area contributed by atoms with Gasteiger partial charge in [0.2, 0.25) is 0 Å². The summed E-state index contributed by atoms with van der Waals surface area (Å²) in [6.45, 7) is 3.54. The van der Waals surface area contributed by atoms with Crippen molar-refractivity contribution in [2.45, 2.75) is 19.9 Å². The summed E-state index contributed by atoms with van der Waals surface area (Å²) in [5.74, 6) is 0.904. The lowest BCUT2D eigenvalue weighted by Gasteiger charge is -2.05. The van der Waals surface area contributed by atoms with Crippen LogP contribution in [-0.2, 0) is 6.54 Å². The van der Waals surface area contributed by atoms with E-state index >= 15 is 0 Å². The second-order valence-corrected chi connectivity index (χ2v) is 5.25. The molecule has 0 fully saturated rings. The number of hydrogen-bond donors (Lipinski definition) is 0. The van der Waals surface area contributed by atoms with Crippen LogP contribution in [0.1, 0.15) is 12.0 Å². The molecule has 22 heavy (non-hydrogen) atoms. The highest BCUT2D eigenvalue weighted by Crippen LogP contribution is 2.16. The van der Waals surface area contributed by atoms with Gasteiger partial charge >= 0.3 is 0 Å². The summed E-state index contributed by atoms with van der Waals surface area (Å²) in [7, 11) is 0. The molecule has 0 atom stereocenters. The third-order valence-electron chi connectivity index (χ3n) is 3.43. The van der Waals surface area contributed by atoms with E-state index in [1.54, 1.807) is 0 Å². The van der Waals surface area contributed by atoms with Gasteiger partial charge in [0.25, 0.3) is 0 Å². The van der Waals surface area contributed by atoms with E-state index in [-0.39, 0.29) is 0 Å². The maximum absolute atomic E-state index is 5.67. The van der Waals surface area contributed by atoms with E-state index < -0.39 is 0 Å². The number of aromatic nitrogens is 3. The van der Waals surface area contributed by atoms with Crippen molar-refractivity contribution < 1.29 is 4.74 Å². The Morgan fingerprint density at radius 1 is 1.00 bits per heavy atom. The minimum Gasteiger partial charge on any atom is -0.494 e. The molecular weight excluding hydrogens is 274 g/mol. The average Bonchev–Trinajstić information content (AvgIpc) is 3.02. The van der Waals surface area contributed by atoms with Gasteiger partial charge in [-0.1, -0.05) is 53.2 Å². The average molecular weight is 293 g/mol. The van der Waals surface area contributed by atoms with Crippen molar-refractivity contribution in [1.29, 1.82) is 0 Å². The first-order chi connectivity index (χ1) is 10.8. The Hall–Kier alpha value is -2.62. The summed E-state index contributed by atoms with van der Waals surface area (Å²) >= 11 is 0. The maximum Gasteiger partial charge on any atom is 0.119 e. The molecule has 0 aliphatic carbocycles. The molecule has 3 rings (SSSR count). The molecule has 0 aliphatic rings. The highest BCUT2D eigenvalue weighted by Gasteiger charge is 2.03. The topological polar surface area (TPSA) is 39.9 Å². The van der Waals surface area contributed by atoms with Crippen LogP contribution in [0, 0.1) is 6.92 Å². The van der Waals surface area contributed by atoms with Gasteiger partial charge in [0.1, 0.15) is 11.4 Å². The molecule has 0 radical (unpaired) electrons. The first-order valence-corrected chi connectivity index (χ1v) is 7.46. The van der Waals surface area contributed by atoms with E-state index in [9.17, 15) is 0 Å². The third-order valence-corrected chi connectivity index (χ3v) is 3.43. The van der Waals surface area contributed by atoms with Crippen LogP contribution < -0.4 is 4.74 Å². The van der Waals surface area contributed by atoms with Gasteiger partial charge in [-0.05, 0) is 19.1 Å². The highest BCUT2D eigenvalue weighted by atomic mass is 16.5. The number of nitrogens with zero attached hydrogens (tertiary/aromatic N) is 3. The van der Waals surface area contributed by atoms with Crippen LogP contribution in [0.3, 0.4) is 0 Å². The minimum atomic E-state index is 0.670. The zero-order valence-electron chi connectivity index (χ0n) is 12.6. The van der Waals surface area contributed by atoms with Crippen molar-refractivity contribution in [3.05, 3.63) is 66.4 Å². The molecule has 112 valence electrons. The fourth-order valence-electron chi connectivity index (χ4n) is 2.20. The number of para-hydroxylation sites is 1. The van der Waals surface area contributed by atoms with E-state index in [0.29, 0.717) is 6.61 Å². The second kappa shape index (κ2) is 6.89. The molecule has 0 aliphatic heterocycles.